The maximum absolute atomic E-state index is 11.7. The van der Waals surface area contributed by atoms with Crippen molar-refractivity contribution >= 4 is 5.97 Å². The maximum Gasteiger partial charge on any atom is 0.311 e. The van der Waals surface area contributed by atoms with Gasteiger partial charge >= 0.3 is 5.97 Å². The smallest absolute Gasteiger partial charge is 0.311 e. The Morgan fingerprint density at radius 2 is 1.89 bits per heavy atom. The molecule has 1 fully saturated rings. The van der Waals surface area contributed by atoms with Crippen LogP contribution in [0.5, 0.6) is 0 Å². The van der Waals surface area contributed by atoms with E-state index in [1.807, 2.05) is 32.0 Å². The lowest BCUT2D eigenvalue weighted by atomic mass is 9.66. The van der Waals surface area contributed by atoms with Crippen molar-refractivity contribution in [3.8, 4) is 0 Å². The van der Waals surface area contributed by atoms with Gasteiger partial charge in [0, 0.05) is 0 Å². The number of rotatable bonds is 5. The van der Waals surface area contributed by atoms with Gasteiger partial charge in [-0.15, -0.1) is 0 Å². The van der Waals surface area contributed by atoms with Gasteiger partial charge in [0.05, 0.1) is 25.2 Å². The van der Waals surface area contributed by atoms with Gasteiger partial charge in [0.1, 0.15) is 0 Å². The number of carbonyl (C=O) groups excluding carboxylic acids is 1. The summed E-state index contributed by atoms with van der Waals surface area (Å²) in [5.41, 5.74) is 0.791. The number of benzene rings is 1. The first-order chi connectivity index (χ1) is 9.04. The molecule has 1 saturated carbocycles. The largest absolute Gasteiger partial charge is 0.469 e. The number of hydrogen-bond donors (Lipinski definition) is 0. The average Bonchev–Trinajstić information content (AvgIpc) is 2.36. The van der Waals surface area contributed by atoms with Crippen LogP contribution in [0.2, 0.25) is 0 Å². The molecule has 0 atom stereocenters. The molecule has 1 aliphatic carbocycles. The highest BCUT2D eigenvalue weighted by Gasteiger charge is 2.45. The molecule has 1 aromatic rings. The van der Waals surface area contributed by atoms with Gasteiger partial charge in [-0.05, 0) is 38.2 Å². The van der Waals surface area contributed by atoms with Crippen LogP contribution >= 0.6 is 0 Å². The molecule has 19 heavy (non-hydrogen) atoms. The second-order valence-electron chi connectivity index (χ2n) is 5.80. The van der Waals surface area contributed by atoms with Crippen LogP contribution in [0.3, 0.4) is 0 Å². The summed E-state index contributed by atoms with van der Waals surface area (Å²) < 4.78 is 10.7. The van der Waals surface area contributed by atoms with E-state index in [2.05, 4.69) is 12.1 Å². The minimum Gasteiger partial charge on any atom is -0.469 e. The zero-order valence-corrected chi connectivity index (χ0v) is 11.9. The normalized spacial score (nSPS) is 22.7. The zero-order chi connectivity index (χ0) is 13.9. The summed E-state index contributed by atoms with van der Waals surface area (Å²) in [6.45, 7) is 4.56. The molecule has 0 unspecified atom stereocenters. The van der Waals surface area contributed by atoms with Crippen LogP contribution in [0, 0.1) is 11.3 Å². The molecule has 0 aromatic heterocycles. The predicted octanol–water partition coefficient (Wildman–Crippen LogP) is 3.18. The van der Waals surface area contributed by atoms with Crippen molar-refractivity contribution in [3.05, 3.63) is 35.9 Å². The van der Waals surface area contributed by atoms with E-state index < -0.39 is 5.41 Å². The van der Waals surface area contributed by atoms with E-state index in [0.717, 1.165) is 12.8 Å². The van der Waals surface area contributed by atoms with Gasteiger partial charge in [-0.2, -0.15) is 0 Å². The Labute approximate surface area is 114 Å². The predicted molar refractivity (Wildman–Crippen MR) is 73.5 cm³/mol. The molecule has 1 aromatic carbocycles. The van der Waals surface area contributed by atoms with E-state index in [4.69, 9.17) is 9.47 Å². The van der Waals surface area contributed by atoms with Crippen molar-refractivity contribution < 1.29 is 14.3 Å². The van der Waals surface area contributed by atoms with Gasteiger partial charge in [-0.1, -0.05) is 30.3 Å². The maximum atomic E-state index is 11.7. The van der Waals surface area contributed by atoms with E-state index in [9.17, 15) is 4.79 Å². The summed E-state index contributed by atoms with van der Waals surface area (Å²) >= 11 is 0. The van der Waals surface area contributed by atoms with Crippen molar-refractivity contribution in [2.45, 2.75) is 39.4 Å². The zero-order valence-electron chi connectivity index (χ0n) is 11.9. The molecule has 0 radical (unpaired) electrons. The van der Waals surface area contributed by atoms with Gasteiger partial charge < -0.3 is 9.47 Å². The molecule has 0 bridgehead atoms. The first-order valence-corrected chi connectivity index (χ1v) is 6.78. The van der Waals surface area contributed by atoms with Crippen LogP contribution in [0.1, 0.15) is 32.3 Å². The lowest BCUT2D eigenvalue weighted by Gasteiger charge is -2.43. The Morgan fingerprint density at radius 3 is 2.47 bits per heavy atom. The first kappa shape index (κ1) is 14.1. The Hall–Kier alpha value is -1.35. The molecule has 3 heteroatoms. The van der Waals surface area contributed by atoms with Gasteiger partial charge in [0.15, 0.2) is 0 Å². The second kappa shape index (κ2) is 5.74. The van der Waals surface area contributed by atoms with Crippen molar-refractivity contribution in [3.63, 3.8) is 0 Å². The minimum absolute atomic E-state index is 0.126. The molecule has 104 valence electrons. The third-order valence-corrected chi connectivity index (χ3v) is 4.16. The molecule has 0 heterocycles. The summed E-state index contributed by atoms with van der Waals surface area (Å²) in [6, 6.07) is 10.2. The van der Waals surface area contributed by atoms with Gasteiger partial charge in [-0.3, -0.25) is 4.79 Å². The number of hydrogen-bond acceptors (Lipinski definition) is 3. The van der Waals surface area contributed by atoms with Gasteiger partial charge in [0.2, 0.25) is 0 Å². The fraction of sp³-hybridized carbons (Fsp3) is 0.562. The van der Waals surface area contributed by atoms with E-state index >= 15 is 0 Å². The van der Waals surface area contributed by atoms with Crippen LogP contribution in [-0.2, 0) is 20.9 Å². The molecule has 3 nitrogen and oxygen atoms in total. The molecular weight excluding hydrogens is 240 g/mol. The summed E-state index contributed by atoms with van der Waals surface area (Å²) in [7, 11) is 1.45. The van der Waals surface area contributed by atoms with Crippen LogP contribution in [0.4, 0.5) is 0 Å². The highest BCUT2D eigenvalue weighted by atomic mass is 16.5. The number of carbonyl (C=O) groups is 1. The Morgan fingerprint density at radius 1 is 1.26 bits per heavy atom. The topological polar surface area (TPSA) is 35.5 Å². The van der Waals surface area contributed by atoms with Crippen LogP contribution in [0.15, 0.2) is 30.3 Å². The highest BCUT2D eigenvalue weighted by molar-refractivity contribution is 5.76. The molecule has 0 saturated heterocycles. The Balaban J connectivity index is 1.76. The Bertz CT molecular complexity index is 419. The summed E-state index contributed by atoms with van der Waals surface area (Å²) in [4.78, 5) is 11.7. The van der Waals surface area contributed by atoms with Crippen molar-refractivity contribution in [1.29, 1.82) is 0 Å². The molecule has 0 spiro atoms. The van der Waals surface area contributed by atoms with E-state index in [0.29, 0.717) is 12.5 Å². The molecule has 2 rings (SSSR count). The average molecular weight is 262 g/mol. The van der Waals surface area contributed by atoms with E-state index in [-0.39, 0.29) is 12.1 Å². The quantitative estimate of drug-likeness (QED) is 0.764. The first-order valence-electron chi connectivity index (χ1n) is 6.78. The SMILES string of the molecule is COC(=O)C(C)(C)C1CC(OCc2ccccc2)C1. The monoisotopic (exact) mass is 262 g/mol. The number of esters is 1. The van der Waals surface area contributed by atoms with Gasteiger partial charge in [0.25, 0.3) is 0 Å². The van der Waals surface area contributed by atoms with Crippen LogP contribution in [-0.4, -0.2) is 19.2 Å². The second-order valence-corrected chi connectivity index (χ2v) is 5.80. The van der Waals surface area contributed by atoms with E-state index in [1.54, 1.807) is 0 Å². The Kier molecular flexibility index (Phi) is 4.25. The minimum atomic E-state index is -0.401. The highest BCUT2D eigenvalue weighted by Crippen LogP contribution is 2.44. The van der Waals surface area contributed by atoms with Crippen LogP contribution < -0.4 is 0 Å². The molecular formula is C16H22O3. The van der Waals surface area contributed by atoms with Crippen LogP contribution in [0.25, 0.3) is 0 Å². The van der Waals surface area contributed by atoms with Crippen molar-refractivity contribution in [1.82, 2.24) is 0 Å². The third-order valence-electron chi connectivity index (χ3n) is 4.16. The summed E-state index contributed by atoms with van der Waals surface area (Å²) in [5, 5.41) is 0. The van der Waals surface area contributed by atoms with Crippen molar-refractivity contribution in [2.24, 2.45) is 11.3 Å². The molecule has 1 aliphatic rings. The standard InChI is InChI=1S/C16H22O3/c1-16(2,15(17)18-3)13-9-14(10-13)19-11-12-7-5-4-6-8-12/h4-8,13-14H,9-11H2,1-3H3. The summed E-state index contributed by atoms with van der Waals surface area (Å²) in [5.74, 6) is 0.236. The lowest BCUT2D eigenvalue weighted by molar-refractivity contribution is -0.161. The fourth-order valence-electron chi connectivity index (χ4n) is 2.51. The number of methoxy groups -OCH3 is 1. The van der Waals surface area contributed by atoms with Crippen molar-refractivity contribution in [2.75, 3.05) is 7.11 Å². The molecule has 0 N–H and O–H groups in total. The number of ether oxygens (including phenoxy) is 2. The molecule has 0 aliphatic heterocycles. The van der Waals surface area contributed by atoms with Gasteiger partial charge in [-0.25, -0.2) is 0 Å². The summed E-state index contributed by atoms with van der Waals surface area (Å²) in [6.07, 6.45) is 2.15. The third kappa shape index (κ3) is 3.16. The van der Waals surface area contributed by atoms with E-state index in [1.165, 1.54) is 12.7 Å². The lowest BCUT2D eigenvalue weighted by Crippen LogP contribution is -2.44. The molecule has 0 amide bonds. The fourth-order valence-corrected chi connectivity index (χ4v) is 2.51.